The molecule has 2 rings (SSSR count). The van der Waals surface area contributed by atoms with Crippen molar-refractivity contribution >= 4 is 11.6 Å². The molecule has 2 aromatic rings. The lowest BCUT2D eigenvalue weighted by Gasteiger charge is -2.09. The zero-order chi connectivity index (χ0) is 12.3. The minimum atomic E-state index is -0.263. The number of nitrogens with zero attached hydrogens (tertiary/aromatic N) is 2. The smallest absolute Gasteiger partial charge is 0.216 e. The number of hydrogen-bond donors (Lipinski definition) is 1. The Balaban J connectivity index is 2.13. The molecule has 90 valence electrons. The quantitative estimate of drug-likeness (QED) is 0.902. The monoisotopic (exact) mass is 253 g/mol. The molecule has 1 atom stereocenters. The molecule has 6 heteroatoms. The van der Waals surface area contributed by atoms with Gasteiger partial charge in [0.05, 0.1) is 13.4 Å². The third-order valence-corrected chi connectivity index (χ3v) is 2.69. The topological polar surface area (TPSA) is 74.2 Å². The largest absolute Gasteiger partial charge is 0.481 e. The van der Waals surface area contributed by atoms with Crippen molar-refractivity contribution in [2.45, 2.75) is 12.5 Å². The van der Waals surface area contributed by atoms with Crippen molar-refractivity contribution in [3.63, 3.8) is 0 Å². The molecule has 0 spiro atoms. The maximum atomic E-state index is 6.02. The van der Waals surface area contributed by atoms with Crippen molar-refractivity contribution in [2.75, 3.05) is 7.11 Å². The first-order chi connectivity index (χ1) is 8.20. The van der Waals surface area contributed by atoms with E-state index < -0.39 is 0 Å². The van der Waals surface area contributed by atoms with Crippen LogP contribution in [0.5, 0.6) is 5.88 Å². The molecule has 17 heavy (non-hydrogen) atoms. The van der Waals surface area contributed by atoms with Crippen LogP contribution in [0.2, 0.25) is 5.22 Å². The molecule has 2 heterocycles. The number of hydrogen-bond acceptors (Lipinski definition) is 5. The Morgan fingerprint density at radius 2 is 2.35 bits per heavy atom. The fourth-order valence-electron chi connectivity index (χ4n) is 1.51. The zero-order valence-corrected chi connectivity index (χ0v) is 10.0. The first-order valence-corrected chi connectivity index (χ1v) is 5.42. The summed E-state index contributed by atoms with van der Waals surface area (Å²) < 4.78 is 10.0. The summed E-state index contributed by atoms with van der Waals surface area (Å²) in [5, 5.41) is 0.318. The van der Waals surface area contributed by atoms with E-state index in [1.165, 1.54) is 12.6 Å². The van der Waals surface area contributed by atoms with Gasteiger partial charge in [0.25, 0.3) is 0 Å². The Labute approximate surface area is 104 Å². The van der Waals surface area contributed by atoms with E-state index >= 15 is 0 Å². The molecule has 1 unspecified atom stereocenters. The summed E-state index contributed by atoms with van der Waals surface area (Å²) in [4.78, 5) is 8.05. The molecule has 0 amide bonds. The van der Waals surface area contributed by atoms with E-state index in [9.17, 15) is 0 Å². The molecule has 2 aromatic heterocycles. The summed E-state index contributed by atoms with van der Waals surface area (Å²) >= 11 is 5.86. The van der Waals surface area contributed by atoms with Crippen molar-refractivity contribution in [1.82, 2.24) is 9.97 Å². The van der Waals surface area contributed by atoms with Gasteiger partial charge in [-0.2, -0.15) is 0 Å². The van der Waals surface area contributed by atoms with Gasteiger partial charge in [-0.3, -0.25) is 0 Å². The maximum absolute atomic E-state index is 6.02. The molecule has 0 fully saturated rings. The fraction of sp³-hybridized carbons (Fsp3) is 0.273. The van der Waals surface area contributed by atoms with Crippen LogP contribution in [0.1, 0.15) is 17.3 Å². The molecule has 0 aliphatic rings. The van der Waals surface area contributed by atoms with Gasteiger partial charge in [-0.05, 0) is 17.7 Å². The van der Waals surface area contributed by atoms with Crippen LogP contribution in [0.25, 0.3) is 0 Å². The SMILES string of the molecule is COc1cc(CC(N)c2ccoc2Cl)ncn1. The summed E-state index contributed by atoms with van der Waals surface area (Å²) in [5.74, 6) is 0.514. The number of aromatic nitrogens is 2. The minimum Gasteiger partial charge on any atom is -0.481 e. The molecule has 0 aliphatic carbocycles. The van der Waals surface area contributed by atoms with Gasteiger partial charge in [0.15, 0.2) is 5.22 Å². The van der Waals surface area contributed by atoms with Crippen LogP contribution >= 0.6 is 11.6 Å². The number of ether oxygens (including phenoxy) is 1. The molecule has 0 bridgehead atoms. The van der Waals surface area contributed by atoms with Crippen molar-refractivity contribution in [2.24, 2.45) is 5.73 Å². The zero-order valence-electron chi connectivity index (χ0n) is 9.26. The Kier molecular flexibility index (Phi) is 3.61. The Morgan fingerprint density at radius 1 is 1.53 bits per heavy atom. The second-order valence-corrected chi connectivity index (χ2v) is 3.86. The molecule has 5 nitrogen and oxygen atoms in total. The van der Waals surface area contributed by atoms with Gasteiger partial charge in [-0.25, -0.2) is 9.97 Å². The molecule has 0 aromatic carbocycles. The van der Waals surface area contributed by atoms with Crippen LogP contribution < -0.4 is 10.5 Å². The van der Waals surface area contributed by atoms with E-state index in [1.54, 1.807) is 19.2 Å². The number of methoxy groups -OCH3 is 1. The summed E-state index contributed by atoms with van der Waals surface area (Å²) in [6.07, 6.45) is 3.49. The highest BCUT2D eigenvalue weighted by atomic mass is 35.5. The molecule has 0 saturated heterocycles. The maximum Gasteiger partial charge on any atom is 0.216 e. The lowest BCUT2D eigenvalue weighted by molar-refractivity contribution is 0.395. The van der Waals surface area contributed by atoms with E-state index in [-0.39, 0.29) is 6.04 Å². The minimum absolute atomic E-state index is 0.263. The average molecular weight is 254 g/mol. The second kappa shape index (κ2) is 5.16. The Bertz CT molecular complexity index is 501. The lowest BCUT2D eigenvalue weighted by atomic mass is 10.1. The summed E-state index contributed by atoms with van der Waals surface area (Å²) in [7, 11) is 1.55. The first-order valence-electron chi connectivity index (χ1n) is 5.04. The normalized spacial score (nSPS) is 12.4. The Hall–Kier alpha value is -1.59. The van der Waals surface area contributed by atoms with Crippen LogP contribution in [-0.4, -0.2) is 17.1 Å². The molecule has 0 saturated carbocycles. The molecule has 0 aliphatic heterocycles. The van der Waals surface area contributed by atoms with Gasteiger partial charge in [0, 0.05) is 29.8 Å². The number of nitrogens with two attached hydrogens (primary N) is 1. The fourth-order valence-corrected chi connectivity index (χ4v) is 1.76. The number of rotatable bonds is 4. The van der Waals surface area contributed by atoms with E-state index in [2.05, 4.69) is 9.97 Å². The predicted octanol–water partition coefficient (Wildman–Crippen LogP) is 1.97. The highest BCUT2D eigenvalue weighted by molar-refractivity contribution is 6.29. The van der Waals surface area contributed by atoms with Crippen molar-refractivity contribution in [1.29, 1.82) is 0 Å². The summed E-state index contributed by atoms with van der Waals surface area (Å²) in [6.45, 7) is 0. The first kappa shape index (κ1) is 11.9. The third kappa shape index (κ3) is 2.75. The van der Waals surface area contributed by atoms with Crippen molar-refractivity contribution in [3.8, 4) is 5.88 Å². The molecule has 0 radical (unpaired) electrons. The van der Waals surface area contributed by atoms with Gasteiger partial charge < -0.3 is 14.9 Å². The average Bonchev–Trinajstić information content (AvgIpc) is 2.76. The summed E-state index contributed by atoms with van der Waals surface area (Å²) in [5.41, 5.74) is 7.58. The molecular weight excluding hydrogens is 242 g/mol. The van der Waals surface area contributed by atoms with Crippen LogP contribution in [0.4, 0.5) is 0 Å². The highest BCUT2D eigenvalue weighted by Gasteiger charge is 2.14. The molecular formula is C11H12ClN3O2. The predicted molar refractivity (Wildman–Crippen MR) is 62.9 cm³/mol. The molecule has 2 N–H and O–H groups in total. The highest BCUT2D eigenvalue weighted by Crippen LogP contribution is 2.24. The van der Waals surface area contributed by atoms with E-state index in [4.69, 9.17) is 26.5 Å². The standard InChI is InChI=1S/C11H12ClN3O2/c1-16-10-5-7(14-6-15-10)4-9(13)8-2-3-17-11(8)12/h2-3,5-6,9H,4,13H2,1H3. The van der Waals surface area contributed by atoms with Crippen molar-refractivity contribution < 1.29 is 9.15 Å². The van der Waals surface area contributed by atoms with Gasteiger partial charge in [0.2, 0.25) is 5.88 Å². The van der Waals surface area contributed by atoms with Crippen molar-refractivity contribution in [3.05, 3.63) is 41.2 Å². The van der Waals surface area contributed by atoms with Crippen LogP contribution in [-0.2, 0) is 6.42 Å². The van der Waals surface area contributed by atoms with E-state index in [1.807, 2.05) is 0 Å². The second-order valence-electron chi connectivity index (χ2n) is 3.51. The van der Waals surface area contributed by atoms with Gasteiger partial charge in [-0.1, -0.05) is 0 Å². The van der Waals surface area contributed by atoms with E-state index in [0.29, 0.717) is 17.5 Å². The summed E-state index contributed by atoms with van der Waals surface area (Å²) in [6, 6.07) is 3.24. The van der Waals surface area contributed by atoms with Gasteiger partial charge in [-0.15, -0.1) is 0 Å². The van der Waals surface area contributed by atoms with Crippen LogP contribution in [0.3, 0.4) is 0 Å². The third-order valence-electron chi connectivity index (χ3n) is 2.38. The Morgan fingerprint density at radius 3 is 3.00 bits per heavy atom. The van der Waals surface area contributed by atoms with Crippen LogP contribution in [0, 0.1) is 0 Å². The van der Waals surface area contributed by atoms with Gasteiger partial charge in [0.1, 0.15) is 6.33 Å². The van der Waals surface area contributed by atoms with Crippen LogP contribution in [0.15, 0.2) is 29.1 Å². The van der Waals surface area contributed by atoms with Gasteiger partial charge >= 0.3 is 0 Å². The number of furan rings is 1. The van der Waals surface area contributed by atoms with E-state index in [0.717, 1.165) is 11.3 Å². The lowest BCUT2D eigenvalue weighted by Crippen LogP contribution is -2.14. The number of halogens is 1.